The van der Waals surface area contributed by atoms with Gasteiger partial charge in [0, 0.05) is 38.5 Å². The third-order valence-corrected chi connectivity index (χ3v) is 21.0. The minimum Gasteiger partial charge on any atom is -1.00 e. The van der Waals surface area contributed by atoms with Gasteiger partial charge in [-0.1, -0.05) is 376 Å². The van der Waals surface area contributed by atoms with Gasteiger partial charge in [-0.05, 0) is 203 Å². The quantitative estimate of drug-likeness (QED) is 0.103. The Labute approximate surface area is 683 Å². The summed E-state index contributed by atoms with van der Waals surface area (Å²) in [5.41, 5.74) is 20.3. The molecule has 20 rings (SSSR count). The molecule has 109 heavy (non-hydrogen) atoms. The molecule has 0 heterocycles. The molecule has 0 aliphatic carbocycles. The summed E-state index contributed by atoms with van der Waals surface area (Å²) in [5.74, 6) is 0. The second kappa shape index (κ2) is 32.2. The first-order chi connectivity index (χ1) is 53.0. The molecule has 20 aromatic rings. The van der Waals surface area contributed by atoms with Gasteiger partial charge in [-0.2, -0.15) is 0 Å². The van der Waals surface area contributed by atoms with Crippen LogP contribution in [-0.4, -0.2) is 0 Å². The number of halogens is 2. The van der Waals surface area contributed by atoms with Crippen LogP contribution < -0.4 is 61.6 Å². The van der Waals surface area contributed by atoms with Gasteiger partial charge < -0.3 is 11.6 Å². The molecule has 0 aromatic heterocycles. The van der Waals surface area contributed by atoms with Crippen LogP contribution in [0.2, 0.25) is 5.02 Å². The molecule has 5 heteroatoms. The van der Waals surface area contributed by atoms with E-state index < -0.39 is 0 Å². The third-order valence-electron chi connectivity index (χ3n) is 20.8. The SMILES string of the molecule is Clc1cccc(-c2c(-c3ccccc3)c3ccccc3c3ccccc23)c1.F.[H-].[K+].c1ccc(-c2c(-c3cccc(N(c4ccc(-c5cccc6ccccc56)cc4)c4cccc5ccccc45)c3)c3ccccc3c3ccccc23)cc1.c1ccc2c(Nc3ccc(-c4cccc5ccccc45)cc3)cccc2c1. The van der Waals surface area contributed by atoms with Crippen molar-refractivity contribution < 1.29 is 57.5 Å². The van der Waals surface area contributed by atoms with Gasteiger partial charge in [-0.25, -0.2) is 0 Å². The number of hydrogen-bond acceptors (Lipinski definition) is 2. The van der Waals surface area contributed by atoms with Crippen LogP contribution in [0.15, 0.2) is 425 Å². The van der Waals surface area contributed by atoms with Crippen LogP contribution >= 0.6 is 11.6 Å². The number of fused-ring (bicyclic) bond motifs is 10. The van der Waals surface area contributed by atoms with Crippen molar-refractivity contribution in [1.82, 2.24) is 0 Å². The predicted molar refractivity (Wildman–Crippen MR) is 465 cm³/mol. The Morgan fingerprint density at radius 1 is 0.220 bits per heavy atom. The van der Waals surface area contributed by atoms with Crippen molar-refractivity contribution >= 4 is 126 Å². The van der Waals surface area contributed by atoms with E-state index in [1.165, 1.54) is 147 Å². The van der Waals surface area contributed by atoms with Crippen LogP contribution in [0.25, 0.3) is 153 Å². The maximum atomic E-state index is 6.36. The minimum absolute atomic E-state index is 0. The van der Waals surface area contributed by atoms with Crippen LogP contribution in [0.4, 0.5) is 33.1 Å². The van der Waals surface area contributed by atoms with Gasteiger partial charge in [-0.3, -0.25) is 4.70 Å². The summed E-state index contributed by atoms with van der Waals surface area (Å²) in [5, 5.41) is 24.4. The van der Waals surface area contributed by atoms with Crippen LogP contribution in [0.1, 0.15) is 1.43 Å². The van der Waals surface area contributed by atoms with Gasteiger partial charge in [0.05, 0.1) is 5.69 Å². The first kappa shape index (κ1) is 71.2. The van der Waals surface area contributed by atoms with Gasteiger partial charge in [0.25, 0.3) is 0 Å². The minimum atomic E-state index is 0. The Morgan fingerprint density at radius 2 is 0.541 bits per heavy atom. The maximum Gasteiger partial charge on any atom is 1.00 e. The Balaban J connectivity index is 0.000000142. The topological polar surface area (TPSA) is 15.3 Å². The van der Waals surface area contributed by atoms with Gasteiger partial charge in [0.1, 0.15) is 0 Å². The summed E-state index contributed by atoms with van der Waals surface area (Å²) >= 11 is 6.36. The number of nitrogens with one attached hydrogen (secondary N) is 1. The predicted octanol–water partition coefficient (Wildman–Crippen LogP) is 27.4. The van der Waals surface area contributed by atoms with E-state index in [9.17, 15) is 0 Å². The Morgan fingerprint density at radius 3 is 1.01 bits per heavy atom. The summed E-state index contributed by atoms with van der Waals surface area (Å²) < 4.78 is 0. The van der Waals surface area contributed by atoms with Gasteiger partial charge >= 0.3 is 51.4 Å². The van der Waals surface area contributed by atoms with Crippen LogP contribution in [0.5, 0.6) is 0 Å². The standard InChI is InChI=1S/C52H35N.C26H17Cl.C26H19N.FH.K.H/c1-2-17-39(18-3-1)51-48-27-10-8-25-46(48)47-26-9-11-28-49(47)52(51)40-21-12-22-42(35-40)53(50-30-14-20-37-16-5-7-24-45(37)50)41-33-31-38(32-34-41)44-29-13-19-36-15-4-6-23-43(36)44;27-20-12-8-11-19(17-20)26-24-16-7-5-14-22(24)21-13-4-6-15-23(21)25(26)18-9-2-1-3-10-18;1-3-11-23-19(7-1)9-5-13-24(23)21-15-17-22(18-16-21)27-26-14-6-10-20-8-2-4-12-25(20)26;;;/h1-35H;1-17H;1-18,27H;1H;;/q;;;;+1;-1. The van der Waals surface area contributed by atoms with Crippen molar-refractivity contribution in [3.05, 3.63) is 430 Å². The monoisotopic (exact) mass is 1440 g/mol. The summed E-state index contributed by atoms with van der Waals surface area (Å²) in [6.45, 7) is 0. The maximum absolute atomic E-state index is 6.36. The van der Waals surface area contributed by atoms with E-state index >= 15 is 0 Å². The third kappa shape index (κ3) is 14.2. The van der Waals surface area contributed by atoms with Crippen molar-refractivity contribution in [3.8, 4) is 66.8 Å². The molecule has 1 N–H and O–H groups in total. The Kier molecular flexibility index (Phi) is 21.0. The van der Waals surface area contributed by atoms with E-state index in [0.717, 1.165) is 39.0 Å². The number of hydrogen-bond donors (Lipinski definition) is 1. The smallest absolute Gasteiger partial charge is 1.00 e. The molecular formula is C104H73ClFKN2. The average molecular weight is 1440 g/mol. The second-order valence-corrected chi connectivity index (χ2v) is 27.6. The van der Waals surface area contributed by atoms with Crippen molar-refractivity contribution in [2.45, 2.75) is 0 Å². The molecule has 0 spiro atoms. The summed E-state index contributed by atoms with van der Waals surface area (Å²) in [7, 11) is 0. The molecule has 0 saturated heterocycles. The first-order valence-corrected chi connectivity index (χ1v) is 36.9. The molecule has 20 aromatic carbocycles. The largest absolute Gasteiger partial charge is 1.00 e. The molecule has 2 nitrogen and oxygen atoms in total. The zero-order chi connectivity index (χ0) is 71.4. The van der Waals surface area contributed by atoms with Crippen LogP contribution in [0.3, 0.4) is 0 Å². The summed E-state index contributed by atoms with van der Waals surface area (Å²) in [6, 6.07) is 152. The number of nitrogens with zero attached hydrogens (tertiary/aromatic N) is 1. The molecule has 514 valence electrons. The normalized spacial score (nSPS) is 11.0. The van der Waals surface area contributed by atoms with E-state index in [-0.39, 0.29) is 57.5 Å². The number of anilines is 5. The van der Waals surface area contributed by atoms with Crippen molar-refractivity contribution in [1.29, 1.82) is 0 Å². The van der Waals surface area contributed by atoms with Gasteiger partial charge in [0.2, 0.25) is 0 Å². The average Bonchev–Trinajstić information content (AvgIpc) is 0.739. The second-order valence-electron chi connectivity index (χ2n) is 27.1. The number of benzene rings is 20. The summed E-state index contributed by atoms with van der Waals surface area (Å²) in [4.78, 5) is 2.42. The molecule has 0 bridgehead atoms. The van der Waals surface area contributed by atoms with E-state index in [0.29, 0.717) is 0 Å². The van der Waals surface area contributed by atoms with E-state index in [1.54, 1.807) is 0 Å². The molecule has 0 saturated carbocycles. The molecule has 0 amide bonds. The molecular weight excluding hydrogens is 1370 g/mol. The molecule has 0 aliphatic heterocycles. The summed E-state index contributed by atoms with van der Waals surface area (Å²) in [6.07, 6.45) is 0. The first-order valence-electron chi connectivity index (χ1n) is 36.6. The molecule has 0 radical (unpaired) electrons. The van der Waals surface area contributed by atoms with Crippen molar-refractivity contribution in [2.24, 2.45) is 0 Å². The van der Waals surface area contributed by atoms with Gasteiger partial charge in [0.15, 0.2) is 0 Å². The van der Waals surface area contributed by atoms with Crippen LogP contribution in [-0.2, 0) is 0 Å². The van der Waals surface area contributed by atoms with Crippen molar-refractivity contribution in [3.63, 3.8) is 0 Å². The van der Waals surface area contributed by atoms with E-state index in [4.69, 9.17) is 11.6 Å². The molecule has 0 atom stereocenters. The van der Waals surface area contributed by atoms with E-state index in [1.807, 2.05) is 12.1 Å². The fourth-order valence-electron chi connectivity index (χ4n) is 15.9. The molecule has 0 unspecified atom stereocenters. The fourth-order valence-corrected chi connectivity index (χ4v) is 16.1. The molecule has 0 aliphatic rings. The zero-order valence-electron chi connectivity index (χ0n) is 61.1. The Bertz CT molecular complexity index is 6670. The van der Waals surface area contributed by atoms with E-state index in [2.05, 4.69) is 423 Å². The van der Waals surface area contributed by atoms with Crippen molar-refractivity contribution in [2.75, 3.05) is 10.2 Å². The molecule has 0 fully saturated rings. The number of rotatable bonds is 11. The zero-order valence-corrected chi connectivity index (χ0v) is 64.0. The fraction of sp³-hybridized carbons (Fsp3) is 0. The van der Waals surface area contributed by atoms with Crippen LogP contribution in [0, 0.1) is 0 Å². The Hall–Kier alpha value is -12.1. The van der Waals surface area contributed by atoms with Gasteiger partial charge in [-0.15, -0.1) is 0 Å².